The van der Waals surface area contributed by atoms with Crippen molar-refractivity contribution in [2.75, 3.05) is 19.5 Å². The number of methoxy groups -OCH3 is 2. The number of carbonyl (C=O) groups is 1. The van der Waals surface area contributed by atoms with E-state index >= 15 is 0 Å². The molecule has 0 saturated carbocycles. The predicted octanol–water partition coefficient (Wildman–Crippen LogP) is 4.00. The number of amides is 1. The minimum absolute atomic E-state index is 0.0771. The predicted molar refractivity (Wildman–Crippen MR) is 110 cm³/mol. The zero-order chi connectivity index (χ0) is 21.1. The number of nitrogens with zero attached hydrogens (tertiary/aromatic N) is 3. The summed E-state index contributed by atoms with van der Waals surface area (Å²) in [5, 5.41) is 11.3. The van der Waals surface area contributed by atoms with Crippen LogP contribution in [0.1, 0.15) is 10.5 Å². The van der Waals surface area contributed by atoms with E-state index in [-0.39, 0.29) is 11.6 Å². The molecule has 152 valence electrons. The molecular weight excluding hydrogens is 409 g/mol. The highest BCUT2D eigenvalue weighted by Gasteiger charge is 2.17. The van der Waals surface area contributed by atoms with Crippen LogP contribution in [0, 0.1) is 5.82 Å². The van der Waals surface area contributed by atoms with Crippen LogP contribution in [0.4, 0.5) is 10.3 Å². The number of rotatable bonds is 6. The molecule has 0 atom stereocenters. The molecule has 10 heteroatoms. The van der Waals surface area contributed by atoms with Gasteiger partial charge in [0.15, 0.2) is 5.82 Å². The second-order valence-corrected chi connectivity index (χ2v) is 6.90. The fourth-order valence-corrected chi connectivity index (χ4v) is 3.56. The van der Waals surface area contributed by atoms with Crippen molar-refractivity contribution in [3.05, 3.63) is 59.4 Å². The van der Waals surface area contributed by atoms with Crippen molar-refractivity contribution in [3.8, 4) is 33.5 Å². The monoisotopic (exact) mass is 425 g/mol. The highest BCUT2D eigenvalue weighted by atomic mass is 32.1. The molecule has 0 spiro atoms. The minimum Gasteiger partial charge on any atom is -0.497 e. The van der Waals surface area contributed by atoms with E-state index in [4.69, 9.17) is 9.47 Å². The third-order valence-electron chi connectivity index (χ3n) is 4.22. The number of nitrogens with one attached hydrogen (secondary N) is 2. The van der Waals surface area contributed by atoms with Gasteiger partial charge in [-0.3, -0.25) is 15.2 Å². The molecule has 2 aromatic heterocycles. The first kappa shape index (κ1) is 19.5. The quantitative estimate of drug-likeness (QED) is 0.484. The van der Waals surface area contributed by atoms with Crippen LogP contribution < -0.4 is 14.8 Å². The van der Waals surface area contributed by atoms with Gasteiger partial charge in [0.2, 0.25) is 5.95 Å². The Kier molecular flexibility index (Phi) is 5.40. The van der Waals surface area contributed by atoms with Crippen LogP contribution in [0.5, 0.6) is 11.5 Å². The summed E-state index contributed by atoms with van der Waals surface area (Å²) in [5.74, 6) is 0.769. The van der Waals surface area contributed by atoms with Crippen LogP contribution in [-0.4, -0.2) is 40.3 Å². The van der Waals surface area contributed by atoms with Gasteiger partial charge in [-0.2, -0.15) is 4.98 Å². The number of anilines is 1. The van der Waals surface area contributed by atoms with Gasteiger partial charge in [-0.25, -0.2) is 9.37 Å². The van der Waals surface area contributed by atoms with Gasteiger partial charge in [0.05, 0.1) is 19.8 Å². The molecule has 8 nitrogen and oxygen atoms in total. The molecular formula is C20H16FN5O3S. The van der Waals surface area contributed by atoms with Crippen molar-refractivity contribution in [1.82, 2.24) is 20.2 Å². The Hall–Kier alpha value is -3.79. The maximum absolute atomic E-state index is 13.9. The Morgan fingerprint density at radius 1 is 1.10 bits per heavy atom. The second kappa shape index (κ2) is 8.29. The van der Waals surface area contributed by atoms with Crippen molar-refractivity contribution in [3.63, 3.8) is 0 Å². The molecule has 0 saturated heterocycles. The number of aromatic amines is 1. The van der Waals surface area contributed by atoms with Crippen LogP contribution in [0.3, 0.4) is 0 Å². The third-order valence-corrected chi connectivity index (χ3v) is 5.09. The highest BCUT2D eigenvalue weighted by molar-refractivity contribution is 7.13. The summed E-state index contributed by atoms with van der Waals surface area (Å²) >= 11 is 1.18. The van der Waals surface area contributed by atoms with Gasteiger partial charge in [-0.05, 0) is 24.3 Å². The molecule has 0 fully saturated rings. The Balaban J connectivity index is 1.52. The number of halogens is 1. The van der Waals surface area contributed by atoms with Gasteiger partial charge < -0.3 is 9.47 Å². The Morgan fingerprint density at radius 3 is 2.70 bits per heavy atom. The highest BCUT2D eigenvalue weighted by Crippen LogP contribution is 2.31. The molecule has 0 aliphatic heterocycles. The molecule has 1 amide bonds. The topological polar surface area (TPSA) is 102 Å². The van der Waals surface area contributed by atoms with Gasteiger partial charge in [-0.1, -0.05) is 12.1 Å². The number of carbonyl (C=O) groups excluding carboxylic acids is 1. The molecule has 0 bridgehead atoms. The maximum Gasteiger partial charge on any atom is 0.277 e. The number of hydrogen-bond acceptors (Lipinski definition) is 7. The van der Waals surface area contributed by atoms with Crippen molar-refractivity contribution >= 4 is 23.2 Å². The summed E-state index contributed by atoms with van der Waals surface area (Å²) in [6.45, 7) is 0. The van der Waals surface area contributed by atoms with E-state index in [0.29, 0.717) is 33.5 Å². The van der Waals surface area contributed by atoms with E-state index in [0.717, 1.165) is 0 Å². The Labute approximate surface area is 174 Å². The third kappa shape index (κ3) is 3.85. The van der Waals surface area contributed by atoms with E-state index in [9.17, 15) is 9.18 Å². The van der Waals surface area contributed by atoms with Gasteiger partial charge >= 0.3 is 0 Å². The summed E-state index contributed by atoms with van der Waals surface area (Å²) in [6.07, 6.45) is 0. The summed E-state index contributed by atoms with van der Waals surface area (Å²) in [7, 11) is 3.10. The van der Waals surface area contributed by atoms with Gasteiger partial charge in [-0.15, -0.1) is 16.4 Å². The summed E-state index contributed by atoms with van der Waals surface area (Å²) in [4.78, 5) is 21.0. The zero-order valence-electron chi connectivity index (χ0n) is 16.0. The van der Waals surface area contributed by atoms with Crippen molar-refractivity contribution in [2.24, 2.45) is 0 Å². The lowest BCUT2D eigenvalue weighted by atomic mass is 10.2. The van der Waals surface area contributed by atoms with Gasteiger partial charge in [0, 0.05) is 17.0 Å². The molecule has 0 aliphatic carbocycles. The molecule has 0 aliphatic rings. The lowest BCUT2D eigenvalue weighted by Gasteiger charge is -2.07. The first-order valence-electron chi connectivity index (χ1n) is 8.75. The average molecular weight is 425 g/mol. The smallest absolute Gasteiger partial charge is 0.277 e. The molecule has 2 aromatic carbocycles. The lowest BCUT2D eigenvalue weighted by Crippen LogP contribution is -2.13. The molecule has 2 N–H and O–H groups in total. The van der Waals surface area contributed by atoms with E-state index in [1.165, 1.54) is 24.5 Å². The number of thiazole rings is 1. The summed E-state index contributed by atoms with van der Waals surface area (Å²) in [6, 6.07) is 11.5. The standard InChI is InChI=1S/C20H16FN5O3S/c1-28-11-7-8-13(16(9-11)29-2)17-23-20(26-25-17)24-18(27)15-10-30-19(22-15)12-5-3-4-6-14(12)21/h3-10H,1-2H3,(H2,23,24,25,26,27). The van der Waals surface area contributed by atoms with Crippen LogP contribution in [0.15, 0.2) is 47.8 Å². The van der Waals surface area contributed by atoms with Gasteiger partial charge in [0.25, 0.3) is 5.91 Å². The Morgan fingerprint density at radius 2 is 1.93 bits per heavy atom. The Bertz CT molecular complexity index is 1210. The number of benzene rings is 2. The van der Waals surface area contributed by atoms with Gasteiger partial charge in [0.1, 0.15) is 28.0 Å². The van der Waals surface area contributed by atoms with Crippen LogP contribution in [0.2, 0.25) is 0 Å². The fraction of sp³-hybridized carbons (Fsp3) is 0.100. The second-order valence-electron chi connectivity index (χ2n) is 6.05. The van der Waals surface area contributed by atoms with Crippen molar-refractivity contribution in [1.29, 1.82) is 0 Å². The molecule has 0 radical (unpaired) electrons. The molecule has 0 unspecified atom stereocenters. The molecule has 4 rings (SSSR count). The first-order valence-corrected chi connectivity index (χ1v) is 9.63. The minimum atomic E-state index is -0.499. The number of H-pyrrole nitrogens is 1. The molecule has 4 aromatic rings. The van der Waals surface area contributed by atoms with Crippen LogP contribution in [-0.2, 0) is 0 Å². The van der Waals surface area contributed by atoms with Crippen molar-refractivity contribution in [2.45, 2.75) is 0 Å². The number of aromatic nitrogens is 4. The SMILES string of the molecule is COc1ccc(-c2nc(NC(=O)c3csc(-c4ccccc4F)n3)n[nH]2)c(OC)c1. The van der Waals surface area contributed by atoms with Crippen LogP contribution in [0.25, 0.3) is 22.0 Å². The lowest BCUT2D eigenvalue weighted by molar-refractivity contribution is 0.102. The zero-order valence-corrected chi connectivity index (χ0v) is 16.8. The summed E-state index contributed by atoms with van der Waals surface area (Å²) < 4.78 is 24.5. The van der Waals surface area contributed by atoms with E-state index in [2.05, 4.69) is 25.5 Å². The van der Waals surface area contributed by atoms with Crippen molar-refractivity contribution < 1.29 is 18.7 Å². The number of hydrogen-bond donors (Lipinski definition) is 2. The van der Waals surface area contributed by atoms with Crippen LogP contribution >= 0.6 is 11.3 Å². The maximum atomic E-state index is 13.9. The fourth-order valence-electron chi connectivity index (χ4n) is 2.73. The average Bonchev–Trinajstić information content (AvgIpc) is 3.43. The summed E-state index contributed by atoms with van der Waals surface area (Å²) in [5.41, 5.74) is 1.14. The van der Waals surface area contributed by atoms with E-state index in [1.54, 1.807) is 48.9 Å². The molecule has 2 heterocycles. The number of ether oxygens (including phenoxy) is 2. The largest absolute Gasteiger partial charge is 0.497 e. The van der Waals surface area contributed by atoms with E-state index in [1.807, 2.05) is 0 Å². The molecule has 30 heavy (non-hydrogen) atoms. The normalized spacial score (nSPS) is 10.6. The van der Waals surface area contributed by atoms with E-state index < -0.39 is 11.7 Å². The first-order chi connectivity index (χ1) is 14.6.